The third-order valence-electron chi connectivity index (χ3n) is 11.9. The fraction of sp³-hybridized carbons (Fsp3) is 0.682. The van der Waals surface area contributed by atoms with Crippen LogP contribution in [0.3, 0.4) is 0 Å². The van der Waals surface area contributed by atoms with Crippen molar-refractivity contribution in [2.45, 2.75) is 137 Å². The number of ether oxygens (including phenoxy) is 2. The quantitative estimate of drug-likeness (QED) is 0.384. The zero-order valence-corrected chi connectivity index (χ0v) is 38.0. The summed E-state index contributed by atoms with van der Waals surface area (Å²) in [5.74, 6) is -1.72. The third-order valence-corrected chi connectivity index (χ3v) is 13.2. The number of esters is 1. The first-order valence-electron chi connectivity index (χ1n) is 20.5. The predicted octanol–water partition coefficient (Wildman–Crippen LogP) is 5.13. The summed E-state index contributed by atoms with van der Waals surface area (Å²) >= 11 is 1.55. The molecule has 324 valence electrons. The first-order valence-corrected chi connectivity index (χ1v) is 21.5. The van der Waals surface area contributed by atoms with Crippen molar-refractivity contribution in [3.8, 4) is 5.75 Å². The standard InChI is InChI=1S/C44H69N5O8S/c1-15-26(3)37-42(54)48(12)30(7)43(55)57-36(44(8,9)10)21-25(2)20-35(50)28(5)39-45-32(24-58-39)22-27(4)38(51)46-34(23-31-16-18-33(56-14)19-17-31)41(53)47(11)29(6)40(52)49(37)13/h16-19,22,25-26,28-30,32,34-37,50H,15,20-21,23-24H2,1-14H3,(H,46,51)/b27-22+/t25-,26-,28-,29-,30-,32?,34-,35+,36-,37-/m0/s1. The van der Waals surface area contributed by atoms with Crippen LogP contribution in [0.1, 0.15) is 94.1 Å². The van der Waals surface area contributed by atoms with Crippen molar-refractivity contribution in [2.75, 3.05) is 34.0 Å². The van der Waals surface area contributed by atoms with E-state index in [-0.39, 0.29) is 30.2 Å². The van der Waals surface area contributed by atoms with Gasteiger partial charge in [0.1, 0.15) is 36.0 Å². The van der Waals surface area contributed by atoms with Crippen LogP contribution in [0.15, 0.2) is 40.9 Å². The number of carbonyl (C=O) groups is 5. The monoisotopic (exact) mass is 827 g/mol. The average Bonchev–Trinajstić information content (AvgIpc) is 3.65. The van der Waals surface area contributed by atoms with E-state index >= 15 is 0 Å². The maximum Gasteiger partial charge on any atom is 0.328 e. The highest BCUT2D eigenvalue weighted by Gasteiger charge is 2.41. The lowest BCUT2D eigenvalue weighted by molar-refractivity contribution is -0.166. The van der Waals surface area contributed by atoms with Crippen LogP contribution < -0.4 is 10.1 Å². The van der Waals surface area contributed by atoms with E-state index in [1.165, 1.54) is 28.8 Å². The van der Waals surface area contributed by atoms with Crippen LogP contribution in [0, 0.1) is 23.2 Å². The van der Waals surface area contributed by atoms with Gasteiger partial charge in [-0.3, -0.25) is 24.2 Å². The minimum absolute atomic E-state index is 0.0182. The van der Waals surface area contributed by atoms with Crippen molar-refractivity contribution < 1.29 is 38.6 Å². The van der Waals surface area contributed by atoms with Crippen molar-refractivity contribution in [1.29, 1.82) is 0 Å². The lowest BCUT2D eigenvalue weighted by atomic mass is 9.81. The number of cyclic esters (lactones) is 1. The van der Waals surface area contributed by atoms with Crippen LogP contribution in [-0.4, -0.2) is 131 Å². The molecule has 10 atom stereocenters. The topological polar surface area (TPSA) is 158 Å². The summed E-state index contributed by atoms with van der Waals surface area (Å²) < 4.78 is 11.5. The van der Waals surface area contributed by atoms with Gasteiger partial charge >= 0.3 is 5.97 Å². The summed E-state index contributed by atoms with van der Waals surface area (Å²) in [6.07, 6.45) is 2.23. The number of fused-ring (bicyclic) bond motifs is 1. The highest BCUT2D eigenvalue weighted by atomic mass is 32.2. The molecule has 0 saturated heterocycles. The van der Waals surface area contributed by atoms with Gasteiger partial charge in [0.25, 0.3) is 0 Å². The minimum Gasteiger partial charge on any atom is -0.497 e. The number of nitrogens with one attached hydrogen (secondary N) is 1. The molecule has 1 aromatic rings. The smallest absolute Gasteiger partial charge is 0.328 e. The molecule has 0 radical (unpaired) electrons. The van der Waals surface area contributed by atoms with Gasteiger partial charge < -0.3 is 34.6 Å². The van der Waals surface area contributed by atoms with Crippen LogP contribution in [0.5, 0.6) is 5.75 Å². The Kier molecular flexibility index (Phi) is 17.4. The van der Waals surface area contributed by atoms with Gasteiger partial charge in [0.2, 0.25) is 23.6 Å². The van der Waals surface area contributed by atoms with Crippen LogP contribution in [0.25, 0.3) is 0 Å². The van der Waals surface area contributed by atoms with Gasteiger partial charge in [-0.05, 0) is 68.6 Å². The van der Waals surface area contributed by atoms with E-state index in [1.54, 1.807) is 64.9 Å². The number of aliphatic imine (C=N–C) groups is 1. The molecule has 2 aliphatic rings. The number of hydrogen-bond donors (Lipinski definition) is 2. The molecule has 1 unspecified atom stereocenters. The highest BCUT2D eigenvalue weighted by molar-refractivity contribution is 8.14. The second-order valence-electron chi connectivity index (χ2n) is 17.5. The summed E-state index contributed by atoms with van der Waals surface area (Å²) in [7, 11) is 6.16. The molecule has 2 N–H and O–H groups in total. The molecule has 0 saturated carbocycles. The molecule has 13 nitrogen and oxygen atoms in total. The Labute approximate surface area is 350 Å². The second kappa shape index (κ2) is 20.9. The van der Waals surface area contributed by atoms with Crippen molar-refractivity contribution in [1.82, 2.24) is 20.0 Å². The molecule has 0 aromatic heterocycles. The van der Waals surface area contributed by atoms with Gasteiger partial charge in [0, 0.05) is 44.8 Å². The van der Waals surface area contributed by atoms with Gasteiger partial charge in [0.15, 0.2) is 0 Å². The highest BCUT2D eigenvalue weighted by Crippen LogP contribution is 2.33. The first kappa shape index (κ1) is 48.5. The number of benzene rings is 1. The summed E-state index contributed by atoms with van der Waals surface area (Å²) in [4.78, 5) is 79.3. The normalized spacial score (nSPS) is 31.1. The van der Waals surface area contributed by atoms with E-state index < -0.39 is 71.4 Å². The SMILES string of the molecule is CC[C@H](C)[C@H]1C(=O)N(C)[C@@H](C)C(=O)O[C@H](C(C)(C)C)C[C@@H](C)C[C@@H](O)[C@H](C)C2=NC(/C=C(\C)C(=O)N[C@@H](Cc3ccc(OC)cc3)C(=O)N(C)[C@@H](C)C(=O)N1C)CS2. The average molecular weight is 828 g/mol. The van der Waals surface area contributed by atoms with E-state index in [2.05, 4.69) is 5.32 Å². The first-order chi connectivity index (χ1) is 27.0. The minimum atomic E-state index is -1.04. The largest absolute Gasteiger partial charge is 0.497 e. The Bertz CT molecular complexity index is 1680. The fourth-order valence-electron chi connectivity index (χ4n) is 7.24. The number of aliphatic hydroxyl groups excluding tert-OH is 1. The van der Waals surface area contributed by atoms with Gasteiger partial charge in [-0.1, -0.05) is 73.1 Å². The van der Waals surface area contributed by atoms with Crippen molar-refractivity contribution in [3.05, 3.63) is 41.5 Å². The maximum atomic E-state index is 14.3. The third kappa shape index (κ3) is 12.3. The number of nitrogens with zero attached hydrogens (tertiary/aromatic N) is 4. The Hall–Kier alpha value is -3.91. The number of thioether (sulfide) groups is 1. The molecule has 2 bridgehead atoms. The molecule has 4 amide bonds. The molecule has 14 heteroatoms. The molecule has 2 heterocycles. The summed E-state index contributed by atoms with van der Waals surface area (Å²) in [5.41, 5.74) is 0.726. The van der Waals surface area contributed by atoms with E-state index in [4.69, 9.17) is 14.5 Å². The van der Waals surface area contributed by atoms with Crippen molar-refractivity contribution in [2.24, 2.45) is 28.2 Å². The number of likely N-dealkylation sites (N-methyl/N-ethyl adjacent to an activating group) is 3. The second-order valence-corrected chi connectivity index (χ2v) is 18.6. The lowest BCUT2D eigenvalue weighted by Gasteiger charge is -2.39. The molecule has 0 aliphatic carbocycles. The molecular formula is C44H69N5O8S. The Morgan fingerprint density at radius 3 is 2.10 bits per heavy atom. The number of hydrogen-bond acceptors (Lipinski definition) is 10. The Morgan fingerprint density at radius 2 is 1.53 bits per heavy atom. The number of carbonyl (C=O) groups excluding carboxylic acids is 5. The molecule has 3 rings (SSSR count). The predicted molar refractivity (Wildman–Crippen MR) is 229 cm³/mol. The van der Waals surface area contributed by atoms with Crippen LogP contribution in [-0.2, 0) is 35.1 Å². The van der Waals surface area contributed by atoms with Crippen LogP contribution in [0.4, 0.5) is 0 Å². The molecular weight excluding hydrogens is 759 g/mol. The molecule has 0 fully saturated rings. The lowest BCUT2D eigenvalue weighted by Crippen LogP contribution is -2.59. The van der Waals surface area contributed by atoms with E-state index in [0.717, 1.165) is 10.6 Å². The van der Waals surface area contributed by atoms with Gasteiger partial charge in [-0.2, -0.15) is 0 Å². The molecule has 2 aliphatic heterocycles. The Balaban J connectivity index is 2.08. The van der Waals surface area contributed by atoms with Gasteiger partial charge in [-0.15, -0.1) is 11.8 Å². The zero-order chi connectivity index (χ0) is 43.8. The molecule has 1 aromatic carbocycles. The van der Waals surface area contributed by atoms with Gasteiger partial charge in [0.05, 0.1) is 24.3 Å². The van der Waals surface area contributed by atoms with Crippen LogP contribution in [0.2, 0.25) is 0 Å². The zero-order valence-electron chi connectivity index (χ0n) is 37.2. The van der Waals surface area contributed by atoms with Crippen LogP contribution >= 0.6 is 11.8 Å². The molecule has 58 heavy (non-hydrogen) atoms. The van der Waals surface area contributed by atoms with Crippen molar-refractivity contribution in [3.63, 3.8) is 0 Å². The summed E-state index contributed by atoms with van der Waals surface area (Å²) in [6.45, 7) is 18.7. The Morgan fingerprint density at radius 1 is 0.931 bits per heavy atom. The number of rotatable bonds is 5. The maximum absolute atomic E-state index is 14.3. The van der Waals surface area contributed by atoms with E-state index in [0.29, 0.717) is 36.3 Å². The molecule has 0 spiro atoms. The summed E-state index contributed by atoms with van der Waals surface area (Å²) in [6, 6.07) is 2.92. The fourth-order valence-corrected chi connectivity index (χ4v) is 8.38. The van der Waals surface area contributed by atoms with Gasteiger partial charge in [-0.25, -0.2) is 4.79 Å². The van der Waals surface area contributed by atoms with Crippen molar-refractivity contribution >= 4 is 46.4 Å². The number of aliphatic hydroxyl groups is 1. The van der Waals surface area contributed by atoms with E-state index in [1.807, 2.05) is 60.6 Å². The summed E-state index contributed by atoms with van der Waals surface area (Å²) in [5, 5.41) is 15.1. The number of amides is 4. The van der Waals surface area contributed by atoms with E-state index in [9.17, 15) is 29.1 Å². The number of methoxy groups -OCH3 is 1.